The molecule has 3 heteroatoms. The first-order chi connectivity index (χ1) is 5.79. The van der Waals surface area contributed by atoms with E-state index in [9.17, 15) is 5.11 Å². The second-order valence-electron chi connectivity index (χ2n) is 2.94. The maximum Gasteiger partial charge on any atom is 0.0826 e. The van der Waals surface area contributed by atoms with Crippen molar-refractivity contribution < 1.29 is 5.11 Å². The summed E-state index contributed by atoms with van der Waals surface area (Å²) in [5.74, 6) is 0.707. The van der Waals surface area contributed by atoms with Gasteiger partial charge >= 0.3 is 0 Å². The third-order valence-electron chi connectivity index (χ3n) is 2.10. The Morgan fingerprint density at radius 1 is 1.42 bits per heavy atom. The second kappa shape index (κ2) is 3.09. The topological polar surface area (TPSA) is 46.2 Å². The Morgan fingerprint density at radius 3 is 3.00 bits per heavy atom. The molecular weight excluding hydrogens is 170 g/mol. The Bertz CT molecular complexity index is 290. The van der Waals surface area contributed by atoms with Crippen LogP contribution in [0.1, 0.15) is 11.6 Å². The monoisotopic (exact) mass is 181 g/mol. The molecule has 1 aromatic rings. The molecule has 2 unspecified atom stereocenters. The maximum absolute atomic E-state index is 9.48. The van der Waals surface area contributed by atoms with Gasteiger partial charge in [0.25, 0.3) is 0 Å². The van der Waals surface area contributed by atoms with Gasteiger partial charge in [-0.1, -0.05) is 18.2 Å². The van der Waals surface area contributed by atoms with Crippen molar-refractivity contribution in [3.8, 4) is 0 Å². The zero-order valence-corrected chi connectivity index (χ0v) is 7.42. The lowest BCUT2D eigenvalue weighted by Gasteiger charge is -2.26. The van der Waals surface area contributed by atoms with E-state index >= 15 is 0 Å². The predicted octanol–water partition coefficient (Wildman–Crippen LogP) is 1.15. The number of rotatable bonds is 0. The third-order valence-corrected chi connectivity index (χ3v) is 3.29. The molecule has 1 aromatic carbocycles. The Labute approximate surface area is 75.8 Å². The molecule has 1 aliphatic heterocycles. The minimum absolute atomic E-state index is 0.206. The highest BCUT2D eigenvalue weighted by atomic mass is 32.2. The quantitative estimate of drug-likeness (QED) is 0.631. The lowest BCUT2D eigenvalue weighted by atomic mass is 10.0. The van der Waals surface area contributed by atoms with E-state index in [0.717, 1.165) is 5.56 Å². The van der Waals surface area contributed by atoms with Gasteiger partial charge < -0.3 is 10.8 Å². The number of benzene rings is 1. The summed E-state index contributed by atoms with van der Waals surface area (Å²) in [7, 11) is 0. The Kier molecular flexibility index (Phi) is 2.09. The van der Waals surface area contributed by atoms with Crippen LogP contribution in [0.5, 0.6) is 0 Å². The van der Waals surface area contributed by atoms with Crippen LogP contribution in [0.4, 0.5) is 0 Å². The molecule has 2 atom stereocenters. The van der Waals surface area contributed by atoms with Crippen LogP contribution < -0.4 is 5.73 Å². The van der Waals surface area contributed by atoms with E-state index in [1.165, 1.54) is 4.90 Å². The van der Waals surface area contributed by atoms with Crippen molar-refractivity contribution in [2.75, 3.05) is 5.75 Å². The summed E-state index contributed by atoms with van der Waals surface area (Å²) in [6.07, 6.45) is -0.398. The van der Waals surface area contributed by atoms with Gasteiger partial charge in [-0.15, -0.1) is 11.8 Å². The number of aliphatic hydroxyl groups excluding tert-OH is 1. The minimum Gasteiger partial charge on any atom is -0.390 e. The molecule has 0 aliphatic carbocycles. The molecule has 0 radical (unpaired) electrons. The van der Waals surface area contributed by atoms with Crippen molar-refractivity contribution in [2.45, 2.75) is 17.0 Å². The van der Waals surface area contributed by atoms with Crippen LogP contribution >= 0.6 is 11.8 Å². The normalized spacial score (nSPS) is 28.2. The molecular formula is C9H11NOS. The van der Waals surface area contributed by atoms with Crippen molar-refractivity contribution in [3.05, 3.63) is 29.8 Å². The smallest absolute Gasteiger partial charge is 0.0826 e. The highest BCUT2D eigenvalue weighted by Gasteiger charge is 2.24. The summed E-state index contributed by atoms with van der Waals surface area (Å²) in [4.78, 5) is 1.20. The summed E-state index contributed by atoms with van der Waals surface area (Å²) in [5, 5.41) is 9.48. The van der Waals surface area contributed by atoms with E-state index < -0.39 is 6.10 Å². The highest BCUT2D eigenvalue weighted by Crippen LogP contribution is 2.34. The standard InChI is InChI=1S/C9H11NOS/c10-9-6-3-1-2-4-8(6)12-5-7(9)11/h1-4,7,9,11H,5,10H2. The van der Waals surface area contributed by atoms with Gasteiger partial charge in [-0.05, 0) is 11.6 Å². The summed E-state index contributed by atoms with van der Waals surface area (Å²) in [6.45, 7) is 0. The van der Waals surface area contributed by atoms with Crippen molar-refractivity contribution in [1.29, 1.82) is 0 Å². The molecule has 0 saturated carbocycles. The highest BCUT2D eigenvalue weighted by molar-refractivity contribution is 7.99. The second-order valence-corrected chi connectivity index (χ2v) is 4.00. The van der Waals surface area contributed by atoms with Crippen molar-refractivity contribution >= 4 is 11.8 Å². The van der Waals surface area contributed by atoms with Crippen LogP contribution in [-0.4, -0.2) is 17.0 Å². The fourth-order valence-electron chi connectivity index (χ4n) is 1.37. The molecule has 2 nitrogen and oxygen atoms in total. The summed E-state index contributed by atoms with van der Waals surface area (Å²) >= 11 is 1.67. The number of nitrogens with two attached hydrogens (primary N) is 1. The van der Waals surface area contributed by atoms with Gasteiger partial charge in [0, 0.05) is 10.6 Å². The molecule has 1 aliphatic rings. The van der Waals surface area contributed by atoms with E-state index in [0.29, 0.717) is 5.75 Å². The third kappa shape index (κ3) is 1.24. The Hall–Kier alpha value is -0.510. The van der Waals surface area contributed by atoms with E-state index in [1.54, 1.807) is 11.8 Å². The van der Waals surface area contributed by atoms with Crippen molar-refractivity contribution in [1.82, 2.24) is 0 Å². The molecule has 0 fully saturated rings. The van der Waals surface area contributed by atoms with Gasteiger partial charge in [0.15, 0.2) is 0 Å². The molecule has 2 rings (SSSR count). The SMILES string of the molecule is NC1c2ccccc2SCC1O. The van der Waals surface area contributed by atoms with Crippen LogP contribution in [0.15, 0.2) is 29.2 Å². The average Bonchev–Trinajstić information content (AvgIpc) is 2.12. The van der Waals surface area contributed by atoms with Gasteiger partial charge in [-0.2, -0.15) is 0 Å². The molecule has 0 aromatic heterocycles. The van der Waals surface area contributed by atoms with Crippen LogP contribution in [0.25, 0.3) is 0 Å². The summed E-state index contributed by atoms with van der Waals surface area (Å²) in [6, 6.07) is 7.77. The summed E-state index contributed by atoms with van der Waals surface area (Å²) in [5.41, 5.74) is 6.90. The molecule has 12 heavy (non-hydrogen) atoms. The fourth-order valence-corrected chi connectivity index (χ4v) is 2.48. The molecule has 1 heterocycles. The van der Waals surface area contributed by atoms with Gasteiger partial charge in [0.05, 0.1) is 12.1 Å². The number of hydrogen-bond acceptors (Lipinski definition) is 3. The molecule has 3 N–H and O–H groups in total. The first-order valence-electron chi connectivity index (χ1n) is 3.94. The van der Waals surface area contributed by atoms with Crippen LogP contribution in [0.3, 0.4) is 0 Å². The number of thioether (sulfide) groups is 1. The van der Waals surface area contributed by atoms with E-state index in [-0.39, 0.29) is 6.04 Å². The lowest BCUT2D eigenvalue weighted by molar-refractivity contribution is 0.165. The van der Waals surface area contributed by atoms with Crippen molar-refractivity contribution in [3.63, 3.8) is 0 Å². The van der Waals surface area contributed by atoms with Crippen molar-refractivity contribution in [2.24, 2.45) is 5.73 Å². The largest absolute Gasteiger partial charge is 0.390 e. The Morgan fingerprint density at radius 2 is 2.17 bits per heavy atom. The fraction of sp³-hybridized carbons (Fsp3) is 0.333. The maximum atomic E-state index is 9.48. The summed E-state index contributed by atoms with van der Waals surface area (Å²) < 4.78 is 0. The molecule has 0 bridgehead atoms. The van der Waals surface area contributed by atoms with Gasteiger partial charge in [-0.25, -0.2) is 0 Å². The molecule has 0 spiro atoms. The molecule has 64 valence electrons. The molecule has 0 amide bonds. The average molecular weight is 181 g/mol. The van der Waals surface area contributed by atoms with Crippen LogP contribution in [0, 0.1) is 0 Å². The number of aliphatic hydroxyl groups is 1. The van der Waals surface area contributed by atoms with E-state index in [2.05, 4.69) is 0 Å². The molecule has 0 saturated heterocycles. The predicted molar refractivity (Wildman–Crippen MR) is 50.1 cm³/mol. The first-order valence-corrected chi connectivity index (χ1v) is 4.93. The van der Waals surface area contributed by atoms with E-state index in [4.69, 9.17) is 5.73 Å². The Balaban J connectivity index is 2.42. The van der Waals surface area contributed by atoms with Gasteiger partial charge in [0.1, 0.15) is 0 Å². The van der Waals surface area contributed by atoms with Gasteiger partial charge in [0.2, 0.25) is 0 Å². The zero-order valence-electron chi connectivity index (χ0n) is 6.60. The first kappa shape index (κ1) is 8.10. The lowest BCUT2D eigenvalue weighted by Crippen LogP contribution is -2.31. The van der Waals surface area contributed by atoms with Crippen LogP contribution in [0.2, 0.25) is 0 Å². The zero-order chi connectivity index (χ0) is 8.55. The number of hydrogen-bond donors (Lipinski definition) is 2. The minimum atomic E-state index is -0.398. The number of fused-ring (bicyclic) bond motifs is 1. The van der Waals surface area contributed by atoms with Crippen LogP contribution in [-0.2, 0) is 0 Å². The van der Waals surface area contributed by atoms with E-state index in [1.807, 2.05) is 24.3 Å². The van der Waals surface area contributed by atoms with Gasteiger partial charge in [-0.3, -0.25) is 0 Å².